The summed E-state index contributed by atoms with van der Waals surface area (Å²) in [6, 6.07) is 16.6. The summed E-state index contributed by atoms with van der Waals surface area (Å²) in [6.45, 7) is 5.40. The molecule has 1 amide bonds. The average Bonchev–Trinajstić information content (AvgIpc) is 2.87. The van der Waals surface area contributed by atoms with Gasteiger partial charge in [-0.1, -0.05) is 17.7 Å². The molecule has 202 valence electrons. The number of halogens is 1. The number of carbonyl (C=O) groups is 1. The predicted octanol–water partition coefficient (Wildman–Crippen LogP) is 5.39. The van der Waals surface area contributed by atoms with Gasteiger partial charge in [-0.05, 0) is 85.2 Å². The molecular weight excluding hydrogens is 572 g/mol. The largest absolute Gasteiger partial charge is 0.497 e. The summed E-state index contributed by atoms with van der Waals surface area (Å²) in [5.74, 6) is 1.34. The fraction of sp³-hybridized carbons (Fsp3) is 0.321. The summed E-state index contributed by atoms with van der Waals surface area (Å²) in [5.41, 5.74) is 1.60. The fourth-order valence-electron chi connectivity index (χ4n) is 4.42. The van der Waals surface area contributed by atoms with Gasteiger partial charge >= 0.3 is 0 Å². The van der Waals surface area contributed by atoms with E-state index in [9.17, 15) is 13.2 Å². The number of methoxy groups -OCH3 is 2. The molecule has 0 aromatic heterocycles. The summed E-state index contributed by atoms with van der Waals surface area (Å²) >= 11 is 3.36. The van der Waals surface area contributed by atoms with E-state index in [0.29, 0.717) is 33.8 Å². The average molecular weight is 604 g/mol. The van der Waals surface area contributed by atoms with Crippen LogP contribution in [-0.4, -0.2) is 40.7 Å². The Morgan fingerprint density at radius 2 is 1.79 bits per heavy atom. The first-order chi connectivity index (χ1) is 17.9. The number of nitrogens with one attached hydrogen (secondary N) is 1. The number of nitrogens with zero attached hydrogens (tertiary/aromatic N) is 1. The van der Waals surface area contributed by atoms with Gasteiger partial charge in [-0.25, -0.2) is 8.42 Å². The van der Waals surface area contributed by atoms with Gasteiger partial charge in [-0.3, -0.25) is 9.10 Å². The lowest BCUT2D eigenvalue weighted by Gasteiger charge is -2.38. The molecule has 3 aromatic rings. The monoisotopic (exact) mass is 602 g/mol. The zero-order chi connectivity index (χ0) is 27.7. The van der Waals surface area contributed by atoms with Crippen molar-refractivity contribution < 1.29 is 27.4 Å². The summed E-state index contributed by atoms with van der Waals surface area (Å²) in [6.07, 6.45) is 0.502. The van der Waals surface area contributed by atoms with Crippen molar-refractivity contribution in [2.45, 2.75) is 43.7 Å². The van der Waals surface area contributed by atoms with E-state index in [0.717, 1.165) is 15.4 Å². The van der Waals surface area contributed by atoms with Crippen LogP contribution >= 0.6 is 15.9 Å². The van der Waals surface area contributed by atoms with Crippen molar-refractivity contribution in [2.75, 3.05) is 25.1 Å². The number of fused-ring (bicyclic) bond motifs is 1. The highest BCUT2D eigenvalue weighted by Crippen LogP contribution is 2.41. The first kappa shape index (κ1) is 27.8. The molecule has 1 N–H and O–H groups in total. The van der Waals surface area contributed by atoms with Gasteiger partial charge in [0.2, 0.25) is 5.91 Å². The molecule has 0 saturated carbocycles. The van der Waals surface area contributed by atoms with Crippen molar-refractivity contribution in [3.8, 4) is 17.2 Å². The molecule has 10 heteroatoms. The van der Waals surface area contributed by atoms with E-state index in [1.165, 1.54) is 19.2 Å². The van der Waals surface area contributed by atoms with Crippen LogP contribution in [0.5, 0.6) is 17.2 Å². The van der Waals surface area contributed by atoms with Gasteiger partial charge in [-0.2, -0.15) is 0 Å². The van der Waals surface area contributed by atoms with Crippen molar-refractivity contribution in [2.24, 2.45) is 0 Å². The number of hydrogen-bond acceptors (Lipinski definition) is 6. The third-order valence-corrected chi connectivity index (χ3v) is 8.72. The molecule has 1 unspecified atom stereocenters. The number of rotatable bonds is 8. The Labute approximate surface area is 232 Å². The number of ether oxygens (including phenoxy) is 3. The Morgan fingerprint density at radius 3 is 2.42 bits per heavy atom. The second-order valence-corrected chi connectivity index (χ2v) is 12.4. The van der Waals surface area contributed by atoms with Crippen LogP contribution in [-0.2, 0) is 14.8 Å². The number of benzene rings is 3. The molecule has 4 rings (SSSR count). The number of sulfonamides is 1. The topological polar surface area (TPSA) is 94.2 Å². The van der Waals surface area contributed by atoms with Gasteiger partial charge in [0.25, 0.3) is 10.0 Å². The van der Waals surface area contributed by atoms with Gasteiger partial charge in [0.05, 0.1) is 35.3 Å². The van der Waals surface area contributed by atoms with Gasteiger partial charge in [0, 0.05) is 12.0 Å². The molecule has 0 fully saturated rings. The Balaban J connectivity index is 1.67. The molecule has 0 aliphatic carbocycles. The Bertz CT molecular complexity index is 1440. The van der Waals surface area contributed by atoms with E-state index >= 15 is 0 Å². The standard InChI is InChI=1S/C28H31BrN2O6S/c1-18-6-8-19(9-7-18)31(38(33,34)21-11-13-26(36-5)23(29)15-21)17-27(32)30-24-16-28(2,3)37-25-12-10-20(35-4)14-22(24)25/h6-15,24H,16-17H2,1-5H3,(H,30,32). The molecule has 1 aliphatic heterocycles. The van der Waals surface area contributed by atoms with Crippen molar-refractivity contribution in [1.82, 2.24) is 5.32 Å². The molecule has 0 radical (unpaired) electrons. The van der Waals surface area contributed by atoms with E-state index in [2.05, 4.69) is 21.2 Å². The molecule has 1 heterocycles. The number of aryl methyl sites for hydroxylation is 1. The SMILES string of the molecule is COc1ccc2c(c1)C(NC(=O)CN(c1ccc(C)cc1)S(=O)(=O)c1ccc(OC)c(Br)c1)CC(C)(C)O2. The van der Waals surface area contributed by atoms with Crippen molar-refractivity contribution in [3.63, 3.8) is 0 Å². The molecule has 1 aliphatic rings. The molecule has 0 bridgehead atoms. The second kappa shape index (κ2) is 10.9. The van der Waals surface area contributed by atoms with Crippen LogP contribution < -0.4 is 23.8 Å². The molecule has 0 saturated heterocycles. The molecule has 3 aromatic carbocycles. The smallest absolute Gasteiger partial charge is 0.264 e. The van der Waals surface area contributed by atoms with Crippen LogP contribution in [0.3, 0.4) is 0 Å². The maximum Gasteiger partial charge on any atom is 0.264 e. The van der Waals surface area contributed by atoms with E-state index in [4.69, 9.17) is 14.2 Å². The van der Waals surface area contributed by atoms with Crippen molar-refractivity contribution >= 4 is 37.5 Å². The lowest BCUT2D eigenvalue weighted by atomic mass is 9.89. The van der Waals surface area contributed by atoms with Crippen LogP contribution in [0.4, 0.5) is 5.69 Å². The van der Waals surface area contributed by atoms with Crippen molar-refractivity contribution in [1.29, 1.82) is 0 Å². The summed E-state index contributed by atoms with van der Waals surface area (Å²) in [4.78, 5) is 13.5. The number of anilines is 1. The number of hydrogen-bond donors (Lipinski definition) is 1. The molecule has 0 spiro atoms. The quantitative estimate of drug-likeness (QED) is 0.371. The minimum atomic E-state index is -4.10. The second-order valence-electron chi connectivity index (χ2n) is 9.73. The van der Waals surface area contributed by atoms with E-state index in [-0.39, 0.29) is 4.90 Å². The van der Waals surface area contributed by atoms with Crippen LogP contribution in [0.1, 0.15) is 37.4 Å². The maximum absolute atomic E-state index is 13.8. The third-order valence-electron chi connectivity index (χ3n) is 6.33. The summed E-state index contributed by atoms with van der Waals surface area (Å²) < 4.78 is 46.0. The normalized spacial score (nSPS) is 16.1. The van der Waals surface area contributed by atoms with Gasteiger partial charge in [0.1, 0.15) is 29.4 Å². The summed E-state index contributed by atoms with van der Waals surface area (Å²) in [5, 5.41) is 3.04. The van der Waals surface area contributed by atoms with E-state index in [1.54, 1.807) is 31.4 Å². The van der Waals surface area contributed by atoms with Crippen molar-refractivity contribution in [3.05, 3.63) is 76.3 Å². The van der Waals surface area contributed by atoms with Crippen LogP contribution in [0.15, 0.2) is 70.0 Å². The van der Waals surface area contributed by atoms with E-state index in [1.807, 2.05) is 45.0 Å². The van der Waals surface area contributed by atoms with Crippen LogP contribution in [0, 0.1) is 6.92 Å². The Kier molecular flexibility index (Phi) is 7.94. The third kappa shape index (κ3) is 5.91. The minimum Gasteiger partial charge on any atom is -0.497 e. The zero-order valence-electron chi connectivity index (χ0n) is 21.9. The fourth-order valence-corrected chi connectivity index (χ4v) is 6.56. The number of amides is 1. The van der Waals surface area contributed by atoms with E-state index < -0.39 is 34.1 Å². The molecule has 38 heavy (non-hydrogen) atoms. The highest BCUT2D eigenvalue weighted by molar-refractivity contribution is 9.10. The van der Waals surface area contributed by atoms with Crippen LogP contribution in [0.2, 0.25) is 0 Å². The minimum absolute atomic E-state index is 0.0285. The number of carbonyl (C=O) groups excluding carboxylic acids is 1. The van der Waals surface area contributed by atoms with Gasteiger partial charge < -0.3 is 19.5 Å². The first-order valence-corrected chi connectivity index (χ1v) is 14.3. The highest BCUT2D eigenvalue weighted by Gasteiger charge is 2.36. The van der Waals surface area contributed by atoms with Crippen LogP contribution in [0.25, 0.3) is 0 Å². The van der Waals surface area contributed by atoms with Gasteiger partial charge in [0.15, 0.2) is 0 Å². The maximum atomic E-state index is 13.8. The lowest BCUT2D eigenvalue weighted by Crippen LogP contribution is -2.45. The molecular formula is C28H31BrN2O6S. The first-order valence-electron chi connectivity index (χ1n) is 12.0. The predicted molar refractivity (Wildman–Crippen MR) is 150 cm³/mol. The summed E-state index contributed by atoms with van der Waals surface area (Å²) in [7, 11) is -1.03. The molecule has 1 atom stereocenters. The Hall–Kier alpha value is -3.24. The molecule has 8 nitrogen and oxygen atoms in total. The highest BCUT2D eigenvalue weighted by atomic mass is 79.9. The zero-order valence-corrected chi connectivity index (χ0v) is 24.4. The van der Waals surface area contributed by atoms with Gasteiger partial charge in [-0.15, -0.1) is 0 Å². The lowest BCUT2D eigenvalue weighted by molar-refractivity contribution is -0.120. The Morgan fingerprint density at radius 1 is 1.08 bits per heavy atom.